The van der Waals surface area contributed by atoms with Gasteiger partial charge in [-0.15, -0.1) is 0 Å². The zero-order chi connectivity index (χ0) is 15.5. The minimum atomic E-state index is -3.80. The standard InChI is InChI=1S/C14H16FN3O2S/c1-16-13-8-5-9-17-14(13)21(19,20)18(2)10-11-6-3-4-7-12(11)15/h3-9,16H,10H2,1-2H3. The number of aromatic nitrogens is 1. The molecule has 0 radical (unpaired) electrons. The van der Waals surface area contributed by atoms with Crippen molar-refractivity contribution >= 4 is 15.7 Å². The van der Waals surface area contributed by atoms with Crippen LogP contribution in [0.1, 0.15) is 5.56 Å². The van der Waals surface area contributed by atoms with Crippen LogP contribution in [0.4, 0.5) is 10.1 Å². The van der Waals surface area contributed by atoms with E-state index in [0.29, 0.717) is 11.3 Å². The molecule has 1 aromatic carbocycles. The lowest BCUT2D eigenvalue weighted by molar-refractivity contribution is 0.454. The SMILES string of the molecule is CNc1cccnc1S(=O)(=O)N(C)Cc1ccccc1F. The van der Waals surface area contributed by atoms with Crippen LogP contribution in [0.25, 0.3) is 0 Å². The second kappa shape index (κ2) is 6.19. The molecule has 5 nitrogen and oxygen atoms in total. The van der Waals surface area contributed by atoms with Gasteiger partial charge >= 0.3 is 0 Å². The van der Waals surface area contributed by atoms with Crippen LogP contribution in [-0.4, -0.2) is 31.8 Å². The summed E-state index contributed by atoms with van der Waals surface area (Å²) in [7, 11) is -0.787. The number of rotatable bonds is 5. The number of halogens is 1. The fourth-order valence-corrected chi connectivity index (χ4v) is 3.13. The van der Waals surface area contributed by atoms with Crippen LogP contribution in [0.15, 0.2) is 47.6 Å². The van der Waals surface area contributed by atoms with Crippen molar-refractivity contribution in [2.75, 3.05) is 19.4 Å². The van der Waals surface area contributed by atoms with Crippen molar-refractivity contribution in [3.8, 4) is 0 Å². The molecule has 0 unspecified atom stereocenters. The first kappa shape index (κ1) is 15.4. The predicted molar refractivity (Wildman–Crippen MR) is 78.8 cm³/mol. The molecule has 0 atom stereocenters. The molecule has 0 saturated carbocycles. The van der Waals surface area contributed by atoms with Crippen molar-refractivity contribution in [3.05, 3.63) is 54.0 Å². The molecule has 21 heavy (non-hydrogen) atoms. The Bertz CT molecular complexity index is 735. The Hall–Kier alpha value is -1.99. The largest absolute Gasteiger partial charge is 0.386 e. The second-order valence-electron chi connectivity index (χ2n) is 4.46. The number of nitrogens with zero attached hydrogens (tertiary/aromatic N) is 2. The van der Waals surface area contributed by atoms with Gasteiger partial charge in [-0.1, -0.05) is 18.2 Å². The van der Waals surface area contributed by atoms with Crippen molar-refractivity contribution in [2.24, 2.45) is 0 Å². The van der Waals surface area contributed by atoms with Gasteiger partial charge in [0.15, 0.2) is 5.03 Å². The molecule has 0 amide bonds. The summed E-state index contributed by atoms with van der Waals surface area (Å²) >= 11 is 0. The summed E-state index contributed by atoms with van der Waals surface area (Å²) in [4.78, 5) is 3.92. The van der Waals surface area contributed by atoms with Crippen molar-refractivity contribution < 1.29 is 12.8 Å². The van der Waals surface area contributed by atoms with Crippen molar-refractivity contribution in [3.63, 3.8) is 0 Å². The molecule has 7 heteroatoms. The number of pyridine rings is 1. The number of hydrogen-bond acceptors (Lipinski definition) is 4. The molecule has 112 valence electrons. The highest BCUT2D eigenvalue weighted by molar-refractivity contribution is 7.89. The Morgan fingerprint density at radius 1 is 1.24 bits per heavy atom. The van der Waals surface area contributed by atoms with Gasteiger partial charge in [0.25, 0.3) is 10.0 Å². The fraction of sp³-hybridized carbons (Fsp3) is 0.214. The lowest BCUT2D eigenvalue weighted by Gasteiger charge is -2.18. The molecule has 1 N–H and O–H groups in total. The van der Waals surface area contributed by atoms with Gasteiger partial charge in [-0.05, 0) is 18.2 Å². The van der Waals surface area contributed by atoms with Crippen LogP contribution in [0.5, 0.6) is 0 Å². The van der Waals surface area contributed by atoms with Crippen LogP contribution < -0.4 is 5.32 Å². The number of hydrogen-bond donors (Lipinski definition) is 1. The van der Waals surface area contributed by atoms with Crippen LogP contribution in [0, 0.1) is 5.82 Å². The average Bonchev–Trinajstić information content (AvgIpc) is 2.49. The predicted octanol–water partition coefficient (Wildman–Crippen LogP) is 2.08. The molecular formula is C14H16FN3O2S. The Balaban J connectivity index is 2.33. The third kappa shape index (κ3) is 3.20. The minimum absolute atomic E-state index is 0.0608. The Morgan fingerprint density at radius 3 is 2.62 bits per heavy atom. The summed E-state index contributed by atoms with van der Waals surface area (Å²) in [6.07, 6.45) is 1.41. The quantitative estimate of drug-likeness (QED) is 0.918. The molecule has 2 aromatic rings. The highest BCUT2D eigenvalue weighted by Crippen LogP contribution is 2.22. The summed E-state index contributed by atoms with van der Waals surface area (Å²) in [6, 6.07) is 9.34. The van der Waals surface area contributed by atoms with Crippen molar-refractivity contribution in [1.29, 1.82) is 0 Å². The lowest BCUT2D eigenvalue weighted by Crippen LogP contribution is -2.28. The van der Waals surface area contributed by atoms with Crippen molar-refractivity contribution in [1.82, 2.24) is 9.29 Å². The van der Waals surface area contributed by atoms with Crippen molar-refractivity contribution in [2.45, 2.75) is 11.6 Å². The molecule has 1 heterocycles. The van der Waals surface area contributed by atoms with E-state index in [0.717, 1.165) is 4.31 Å². The number of nitrogens with one attached hydrogen (secondary N) is 1. The molecule has 0 aliphatic carbocycles. The third-order valence-electron chi connectivity index (χ3n) is 3.05. The lowest BCUT2D eigenvalue weighted by atomic mass is 10.2. The van der Waals surface area contributed by atoms with Gasteiger partial charge in [0, 0.05) is 32.4 Å². The first-order valence-corrected chi connectivity index (χ1v) is 7.73. The molecule has 0 spiro atoms. The smallest absolute Gasteiger partial charge is 0.262 e. The molecule has 2 rings (SSSR count). The van der Waals surface area contributed by atoms with E-state index in [-0.39, 0.29) is 11.6 Å². The maximum atomic E-state index is 13.6. The summed E-state index contributed by atoms with van der Waals surface area (Å²) < 4.78 is 39.8. The molecule has 1 aromatic heterocycles. The van der Waals surface area contributed by atoms with E-state index in [4.69, 9.17) is 0 Å². The Morgan fingerprint density at radius 2 is 1.95 bits per heavy atom. The van der Waals surface area contributed by atoms with E-state index < -0.39 is 15.8 Å². The topological polar surface area (TPSA) is 62.3 Å². The third-order valence-corrected chi connectivity index (χ3v) is 4.81. The molecule has 0 aliphatic heterocycles. The number of sulfonamides is 1. The monoisotopic (exact) mass is 309 g/mol. The fourth-order valence-electron chi connectivity index (χ4n) is 1.89. The van der Waals surface area contributed by atoms with E-state index >= 15 is 0 Å². The van der Waals surface area contributed by atoms with Crippen LogP contribution in [-0.2, 0) is 16.6 Å². The van der Waals surface area contributed by atoms with Crippen LogP contribution >= 0.6 is 0 Å². The van der Waals surface area contributed by atoms with Gasteiger partial charge in [-0.2, -0.15) is 4.31 Å². The van der Waals surface area contributed by atoms with Gasteiger partial charge in [-0.3, -0.25) is 0 Å². The first-order valence-electron chi connectivity index (χ1n) is 6.29. The Labute approximate surface area is 123 Å². The number of anilines is 1. The van der Waals surface area contributed by atoms with E-state index in [9.17, 15) is 12.8 Å². The second-order valence-corrected chi connectivity index (χ2v) is 6.42. The van der Waals surface area contributed by atoms with Crippen LogP contribution in [0.3, 0.4) is 0 Å². The average molecular weight is 309 g/mol. The molecule has 0 bridgehead atoms. The highest BCUT2D eigenvalue weighted by atomic mass is 32.2. The van der Waals surface area contributed by atoms with E-state index in [1.54, 1.807) is 37.4 Å². The van der Waals surface area contributed by atoms with Gasteiger partial charge in [0.2, 0.25) is 0 Å². The maximum Gasteiger partial charge on any atom is 0.262 e. The first-order chi connectivity index (χ1) is 9.96. The molecular weight excluding hydrogens is 293 g/mol. The zero-order valence-electron chi connectivity index (χ0n) is 11.7. The van der Waals surface area contributed by atoms with E-state index in [1.165, 1.54) is 19.3 Å². The molecule has 0 fully saturated rings. The van der Waals surface area contributed by atoms with Gasteiger partial charge in [0.05, 0.1) is 5.69 Å². The van der Waals surface area contributed by atoms with Gasteiger partial charge in [0.1, 0.15) is 5.82 Å². The van der Waals surface area contributed by atoms with E-state index in [2.05, 4.69) is 10.3 Å². The Kier molecular flexibility index (Phi) is 4.54. The summed E-state index contributed by atoms with van der Waals surface area (Å²) in [6.45, 7) is -0.0608. The van der Waals surface area contributed by atoms with Crippen LogP contribution in [0.2, 0.25) is 0 Å². The van der Waals surface area contributed by atoms with Gasteiger partial charge < -0.3 is 5.32 Å². The normalized spacial score (nSPS) is 11.6. The minimum Gasteiger partial charge on any atom is -0.386 e. The van der Waals surface area contributed by atoms with E-state index in [1.807, 2.05) is 0 Å². The van der Waals surface area contributed by atoms with Gasteiger partial charge in [-0.25, -0.2) is 17.8 Å². The molecule has 0 aliphatic rings. The summed E-state index contributed by atoms with van der Waals surface area (Å²) in [5.41, 5.74) is 0.711. The summed E-state index contributed by atoms with van der Waals surface area (Å²) in [5, 5.41) is 2.71. The summed E-state index contributed by atoms with van der Waals surface area (Å²) in [5.74, 6) is -0.436. The maximum absolute atomic E-state index is 13.6. The zero-order valence-corrected chi connectivity index (χ0v) is 12.6. The molecule has 0 saturated heterocycles. The number of benzene rings is 1. The highest BCUT2D eigenvalue weighted by Gasteiger charge is 2.25.